The SMILES string of the molecule is CCN1CCOC(CN2CCN(CCOc3ccc(C)cc3)CC2)C1. The highest BCUT2D eigenvalue weighted by molar-refractivity contribution is 5.26. The predicted molar refractivity (Wildman–Crippen MR) is 101 cm³/mol. The van der Waals surface area contributed by atoms with Gasteiger partial charge in [-0.1, -0.05) is 24.6 Å². The first-order chi connectivity index (χ1) is 12.2. The van der Waals surface area contributed by atoms with Crippen molar-refractivity contribution < 1.29 is 9.47 Å². The van der Waals surface area contributed by atoms with Crippen LogP contribution in [-0.2, 0) is 4.74 Å². The summed E-state index contributed by atoms with van der Waals surface area (Å²) >= 11 is 0. The first-order valence-electron chi connectivity index (χ1n) is 9.71. The predicted octanol–water partition coefficient (Wildman–Crippen LogP) is 1.71. The number of likely N-dealkylation sites (N-methyl/N-ethyl adjacent to an activating group) is 1. The van der Waals surface area contributed by atoms with Crippen molar-refractivity contribution in [3.8, 4) is 5.75 Å². The van der Waals surface area contributed by atoms with Crippen LogP contribution < -0.4 is 4.74 Å². The second-order valence-electron chi connectivity index (χ2n) is 7.19. The summed E-state index contributed by atoms with van der Waals surface area (Å²) in [6.45, 7) is 15.9. The van der Waals surface area contributed by atoms with Gasteiger partial charge in [0.2, 0.25) is 0 Å². The van der Waals surface area contributed by atoms with Crippen molar-refractivity contribution in [3.63, 3.8) is 0 Å². The number of rotatable bonds is 7. The van der Waals surface area contributed by atoms with Crippen LogP contribution in [0.1, 0.15) is 12.5 Å². The first-order valence-corrected chi connectivity index (χ1v) is 9.71. The minimum Gasteiger partial charge on any atom is -0.492 e. The second kappa shape index (κ2) is 9.53. The van der Waals surface area contributed by atoms with E-state index < -0.39 is 0 Å². The van der Waals surface area contributed by atoms with Crippen molar-refractivity contribution >= 4 is 0 Å². The van der Waals surface area contributed by atoms with E-state index in [0.29, 0.717) is 6.10 Å². The molecule has 1 aromatic carbocycles. The van der Waals surface area contributed by atoms with Crippen LogP contribution in [0.4, 0.5) is 0 Å². The lowest BCUT2D eigenvalue weighted by molar-refractivity contribution is -0.0470. The van der Waals surface area contributed by atoms with Crippen LogP contribution >= 0.6 is 0 Å². The Bertz CT molecular complexity index is 500. The van der Waals surface area contributed by atoms with Crippen LogP contribution in [0.5, 0.6) is 5.75 Å². The van der Waals surface area contributed by atoms with E-state index in [-0.39, 0.29) is 0 Å². The third kappa shape index (κ3) is 5.96. The molecule has 2 saturated heterocycles. The lowest BCUT2D eigenvalue weighted by Crippen LogP contribution is -2.52. The van der Waals surface area contributed by atoms with Gasteiger partial charge in [0, 0.05) is 52.4 Å². The normalized spacial score (nSPS) is 23.7. The molecular formula is C20H33N3O2. The Balaban J connectivity index is 1.31. The van der Waals surface area contributed by atoms with Gasteiger partial charge in [-0.3, -0.25) is 14.7 Å². The lowest BCUT2D eigenvalue weighted by atomic mass is 10.2. The Morgan fingerprint density at radius 2 is 1.72 bits per heavy atom. The summed E-state index contributed by atoms with van der Waals surface area (Å²) < 4.78 is 11.8. The van der Waals surface area contributed by atoms with Gasteiger partial charge in [-0.05, 0) is 25.6 Å². The van der Waals surface area contributed by atoms with Crippen molar-refractivity contribution in [1.82, 2.24) is 14.7 Å². The van der Waals surface area contributed by atoms with Crippen LogP contribution in [0, 0.1) is 6.92 Å². The van der Waals surface area contributed by atoms with E-state index >= 15 is 0 Å². The monoisotopic (exact) mass is 347 g/mol. The molecule has 0 N–H and O–H groups in total. The first kappa shape index (κ1) is 18.6. The Kier molecular flexibility index (Phi) is 7.11. The Morgan fingerprint density at radius 3 is 2.44 bits per heavy atom. The summed E-state index contributed by atoms with van der Waals surface area (Å²) in [7, 11) is 0. The maximum absolute atomic E-state index is 5.94. The molecule has 1 aromatic rings. The van der Waals surface area contributed by atoms with Crippen molar-refractivity contribution in [2.24, 2.45) is 0 Å². The molecule has 0 aromatic heterocycles. The van der Waals surface area contributed by atoms with Gasteiger partial charge in [0.1, 0.15) is 12.4 Å². The summed E-state index contributed by atoms with van der Waals surface area (Å²) in [5.74, 6) is 0.971. The molecule has 2 fully saturated rings. The summed E-state index contributed by atoms with van der Waals surface area (Å²) in [6.07, 6.45) is 0.380. The highest BCUT2D eigenvalue weighted by Crippen LogP contribution is 2.12. The molecule has 0 radical (unpaired) electrons. The van der Waals surface area contributed by atoms with Gasteiger partial charge < -0.3 is 9.47 Å². The zero-order valence-electron chi connectivity index (χ0n) is 15.8. The third-order valence-corrected chi connectivity index (χ3v) is 5.29. The smallest absolute Gasteiger partial charge is 0.119 e. The number of nitrogens with zero attached hydrogens (tertiary/aromatic N) is 3. The molecule has 2 heterocycles. The number of morpholine rings is 1. The van der Waals surface area contributed by atoms with Crippen LogP contribution in [0.3, 0.4) is 0 Å². The zero-order valence-corrected chi connectivity index (χ0v) is 15.8. The topological polar surface area (TPSA) is 28.2 Å². The minimum absolute atomic E-state index is 0.380. The maximum Gasteiger partial charge on any atom is 0.119 e. The molecule has 25 heavy (non-hydrogen) atoms. The standard InChI is InChI=1S/C20H33N3O2/c1-3-21-12-14-25-20(16-21)17-23-10-8-22(9-11-23)13-15-24-19-6-4-18(2)5-7-19/h4-7,20H,3,8-17H2,1-2H3. The highest BCUT2D eigenvalue weighted by atomic mass is 16.5. The molecule has 1 atom stereocenters. The van der Waals surface area contributed by atoms with Gasteiger partial charge in [0.25, 0.3) is 0 Å². The zero-order chi connectivity index (χ0) is 17.5. The average Bonchev–Trinajstić information content (AvgIpc) is 2.65. The van der Waals surface area contributed by atoms with Gasteiger partial charge in [-0.2, -0.15) is 0 Å². The molecule has 1 unspecified atom stereocenters. The van der Waals surface area contributed by atoms with Crippen molar-refractivity contribution in [3.05, 3.63) is 29.8 Å². The molecule has 5 heteroatoms. The number of piperazine rings is 1. The molecule has 0 saturated carbocycles. The summed E-state index contributed by atoms with van der Waals surface area (Å²) in [6, 6.07) is 8.30. The molecule has 0 aliphatic carbocycles. The molecule has 2 aliphatic rings. The van der Waals surface area contributed by atoms with E-state index in [1.54, 1.807) is 0 Å². The van der Waals surface area contributed by atoms with Crippen LogP contribution in [0.2, 0.25) is 0 Å². The highest BCUT2D eigenvalue weighted by Gasteiger charge is 2.24. The van der Waals surface area contributed by atoms with Gasteiger partial charge >= 0.3 is 0 Å². The summed E-state index contributed by atoms with van der Waals surface area (Å²) in [5.41, 5.74) is 1.27. The number of hydrogen-bond acceptors (Lipinski definition) is 5. The number of aryl methyl sites for hydroxylation is 1. The molecule has 3 rings (SSSR count). The fraction of sp³-hybridized carbons (Fsp3) is 0.700. The molecule has 5 nitrogen and oxygen atoms in total. The number of ether oxygens (including phenoxy) is 2. The van der Waals surface area contributed by atoms with Gasteiger partial charge in [-0.15, -0.1) is 0 Å². The molecule has 0 bridgehead atoms. The van der Waals surface area contributed by atoms with E-state index in [1.807, 2.05) is 0 Å². The van der Waals surface area contributed by atoms with E-state index in [0.717, 1.165) is 77.9 Å². The van der Waals surface area contributed by atoms with Crippen molar-refractivity contribution in [2.45, 2.75) is 20.0 Å². The van der Waals surface area contributed by atoms with E-state index in [9.17, 15) is 0 Å². The van der Waals surface area contributed by atoms with E-state index in [4.69, 9.17) is 9.47 Å². The van der Waals surface area contributed by atoms with Crippen LogP contribution in [-0.4, -0.2) is 92.9 Å². The summed E-state index contributed by atoms with van der Waals surface area (Å²) in [5, 5.41) is 0. The largest absolute Gasteiger partial charge is 0.492 e. The van der Waals surface area contributed by atoms with Crippen molar-refractivity contribution in [1.29, 1.82) is 0 Å². The van der Waals surface area contributed by atoms with Gasteiger partial charge in [0.05, 0.1) is 12.7 Å². The fourth-order valence-corrected chi connectivity index (χ4v) is 3.59. The van der Waals surface area contributed by atoms with Crippen molar-refractivity contribution in [2.75, 3.05) is 72.1 Å². The molecule has 140 valence electrons. The molecule has 0 amide bonds. The number of benzene rings is 1. The average molecular weight is 348 g/mol. The molecule has 0 spiro atoms. The van der Waals surface area contributed by atoms with E-state index in [1.165, 1.54) is 5.56 Å². The van der Waals surface area contributed by atoms with Gasteiger partial charge in [-0.25, -0.2) is 0 Å². The third-order valence-electron chi connectivity index (χ3n) is 5.29. The van der Waals surface area contributed by atoms with Gasteiger partial charge in [0.15, 0.2) is 0 Å². The van der Waals surface area contributed by atoms with Crippen LogP contribution in [0.25, 0.3) is 0 Å². The Hall–Kier alpha value is -1.14. The Labute approximate surface area is 152 Å². The maximum atomic E-state index is 5.94. The molecule has 2 aliphatic heterocycles. The van der Waals surface area contributed by atoms with Crippen LogP contribution in [0.15, 0.2) is 24.3 Å². The Morgan fingerprint density at radius 1 is 1.00 bits per heavy atom. The quantitative estimate of drug-likeness (QED) is 0.749. The van der Waals surface area contributed by atoms with E-state index in [2.05, 4.69) is 52.8 Å². The summed E-state index contributed by atoms with van der Waals surface area (Å²) in [4.78, 5) is 7.55. The minimum atomic E-state index is 0.380. The lowest BCUT2D eigenvalue weighted by Gasteiger charge is -2.39. The molecular weight excluding hydrogens is 314 g/mol. The number of hydrogen-bond donors (Lipinski definition) is 0. The second-order valence-corrected chi connectivity index (χ2v) is 7.19. The fourth-order valence-electron chi connectivity index (χ4n) is 3.59.